The lowest BCUT2D eigenvalue weighted by Gasteiger charge is -2.30. The molecule has 0 bridgehead atoms. The largest absolute Gasteiger partial charge is 0.368 e. The Bertz CT molecular complexity index is 199. The van der Waals surface area contributed by atoms with Gasteiger partial charge in [0.15, 0.2) is 0 Å². The van der Waals surface area contributed by atoms with E-state index in [-0.39, 0.29) is 5.91 Å². The number of nitrogens with one attached hydrogen (secondary N) is 1. The molecule has 3 heteroatoms. The molecule has 82 valence electrons. The van der Waals surface area contributed by atoms with Crippen molar-refractivity contribution in [1.29, 1.82) is 0 Å². The highest BCUT2D eigenvalue weighted by atomic mass is 16.1. The Balaban J connectivity index is 2.53. The van der Waals surface area contributed by atoms with Crippen molar-refractivity contribution >= 4 is 5.91 Å². The van der Waals surface area contributed by atoms with Crippen LogP contribution in [0.1, 0.15) is 52.4 Å². The summed E-state index contributed by atoms with van der Waals surface area (Å²) >= 11 is 0. The third-order valence-corrected chi connectivity index (χ3v) is 3.17. The normalized spacial score (nSPS) is 22.1. The quantitative estimate of drug-likeness (QED) is 0.704. The smallest absolute Gasteiger partial charge is 0.237 e. The Kier molecular flexibility index (Phi) is 3.93. The number of carbonyl (C=O) groups is 1. The van der Waals surface area contributed by atoms with Crippen molar-refractivity contribution in [3.8, 4) is 0 Å². The van der Waals surface area contributed by atoms with E-state index < -0.39 is 5.54 Å². The second-order valence-electron chi connectivity index (χ2n) is 4.57. The minimum Gasteiger partial charge on any atom is -0.368 e. The summed E-state index contributed by atoms with van der Waals surface area (Å²) in [6.45, 7) is 4.01. The van der Waals surface area contributed by atoms with E-state index in [4.69, 9.17) is 5.73 Å². The maximum atomic E-state index is 11.4. The third-order valence-electron chi connectivity index (χ3n) is 3.17. The summed E-state index contributed by atoms with van der Waals surface area (Å²) in [6, 6.07) is 0.499. The van der Waals surface area contributed by atoms with Crippen LogP contribution in [0.5, 0.6) is 0 Å². The second kappa shape index (κ2) is 4.78. The number of nitrogens with two attached hydrogens (primary N) is 1. The molecule has 14 heavy (non-hydrogen) atoms. The van der Waals surface area contributed by atoms with Crippen LogP contribution >= 0.6 is 0 Å². The van der Waals surface area contributed by atoms with Gasteiger partial charge in [0.25, 0.3) is 0 Å². The molecular weight excluding hydrogens is 176 g/mol. The highest BCUT2D eigenvalue weighted by Crippen LogP contribution is 2.22. The van der Waals surface area contributed by atoms with E-state index in [1.807, 2.05) is 6.92 Å². The molecule has 0 saturated heterocycles. The monoisotopic (exact) mass is 198 g/mol. The highest BCUT2D eigenvalue weighted by Gasteiger charge is 2.32. The Morgan fingerprint density at radius 2 is 2.07 bits per heavy atom. The van der Waals surface area contributed by atoms with Crippen molar-refractivity contribution in [1.82, 2.24) is 5.32 Å². The van der Waals surface area contributed by atoms with Crippen LogP contribution in [0.25, 0.3) is 0 Å². The van der Waals surface area contributed by atoms with Crippen LogP contribution in [0.2, 0.25) is 0 Å². The molecule has 0 aromatic rings. The lowest BCUT2D eigenvalue weighted by Crippen LogP contribution is -2.56. The van der Waals surface area contributed by atoms with Crippen molar-refractivity contribution < 1.29 is 4.79 Å². The van der Waals surface area contributed by atoms with Crippen molar-refractivity contribution in [3.05, 3.63) is 0 Å². The summed E-state index contributed by atoms with van der Waals surface area (Å²) in [5.41, 5.74) is 4.94. The standard InChI is InChI=1S/C11H22N2O/c1-3-8-11(2,10(12)14)13-9-6-4-5-7-9/h9,13H,3-8H2,1-2H3,(H2,12,14). The SMILES string of the molecule is CCCC(C)(NC1CCCC1)C(N)=O. The van der Waals surface area contributed by atoms with E-state index in [9.17, 15) is 4.79 Å². The van der Waals surface area contributed by atoms with E-state index in [0.29, 0.717) is 6.04 Å². The molecule has 3 N–H and O–H groups in total. The minimum atomic E-state index is -0.496. The molecule has 1 aliphatic rings. The summed E-state index contributed by atoms with van der Waals surface area (Å²) in [4.78, 5) is 11.4. The highest BCUT2D eigenvalue weighted by molar-refractivity contribution is 5.84. The van der Waals surface area contributed by atoms with Gasteiger partial charge in [-0.05, 0) is 26.2 Å². The summed E-state index contributed by atoms with van der Waals surface area (Å²) in [7, 11) is 0. The Morgan fingerprint density at radius 1 is 1.50 bits per heavy atom. The summed E-state index contributed by atoms with van der Waals surface area (Å²) < 4.78 is 0. The van der Waals surface area contributed by atoms with E-state index in [1.165, 1.54) is 25.7 Å². The van der Waals surface area contributed by atoms with Gasteiger partial charge in [-0.15, -0.1) is 0 Å². The predicted octanol–water partition coefficient (Wildman–Crippen LogP) is 1.56. The van der Waals surface area contributed by atoms with Gasteiger partial charge in [-0.25, -0.2) is 0 Å². The first-order valence-electron chi connectivity index (χ1n) is 5.66. The van der Waals surface area contributed by atoms with Crippen LogP contribution in [0, 0.1) is 0 Å². The zero-order valence-electron chi connectivity index (χ0n) is 9.31. The number of hydrogen-bond donors (Lipinski definition) is 2. The maximum absolute atomic E-state index is 11.4. The number of primary amides is 1. The van der Waals surface area contributed by atoms with Crippen LogP contribution in [0.3, 0.4) is 0 Å². The van der Waals surface area contributed by atoms with Crippen molar-refractivity contribution in [3.63, 3.8) is 0 Å². The topological polar surface area (TPSA) is 55.1 Å². The fourth-order valence-electron chi connectivity index (χ4n) is 2.29. The van der Waals surface area contributed by atoms with Gasteiger partial charge < -0.3 is 11.1 Å². The van der Waals surface area contributed by atoms with Crippen molar-refractivity contribution in [2.75, 3.05) is 0 Å². The van der Waals surface area contributed by atoms with Gasteiger partial charge in [0, 0.05) is 6.04 Å². The molecule has 0 aromatic heterocycles. The molecule has 1 fully saturated rings. The zero-order valence-corrected chi connectivity index (χ0v) is 9.31. The van der Waals surface area contributed by atoms with Gasteiger partial charge >= 0.3 is 0 Å². The molecule has 1 saturated carbocycles. The van der Waals surface area contributed by atoms with Gasteiger partial charge in [-0.3, -0.25) is 4.79 Å². The van der Waals surface area contributed by atoms with E-state index >= 15 is 0 Å². The molecule has 1 aliphatic carbocycles. The molecule has 1 rings (SSSR count). The first-order valence-corrected chi connectivity index (χ1v) is 5.66. The van der Waals surface area contributed by atoms with Gasteiger partial charge in [0.2, 0.25) is 5.91 Å². The fourth-order valence-corrected chi connectivity index (χ4v) is 2.29. The molecule has 0 radical (unpaired) electrons. The van der Waals surface area contributed by atoms with E-state index in [1.54, 1.807) is 0 Å². The average Bonchev–Trinajstić information content (AvgIpc) is 2.56. The second-order valence-corrected chi connectivity index (χ2v) is 4.57. The van der Waals surface area contributed by atoms with E-state index in [0.717, 1.165) is 12.8 Å². The Morgan fingerprint density at radius 3 is 2.50 bits per heavy atom. The van der Waals surface area contributed by atoms with Gasteiger partial charge in [0.1, 0.15) is 0 Å². The first kappa shape index (κ1) is 11.5. The molecule has 1 unspecified atom stereocenters. The van der Waals surface area contributed by atoms with Crippen LogP contribution in [-0.4, -0.2) is 17.5 Å². The van der Waals surface area contributed by atoms with Gasteiger partial charge in [-0.2, -0.15) is 0 Å². The van der Waals surface area contributed by atoms with E-state index in [2.05, 4.69) is 12.2 Å². The Hall–Kier alpha value is -0.570. The Labute approximate surface area is 86.4 Å². The first-order chi connectivity index (χ1) is 6.58. The molecule has 0 heterocycles. The number of amides is 1. The van der Waals surface area contributed by atoms with Gasteiger partial charge in [0.05, 0.1) is 5.54 Å². The van der Waals surface area contributed by atoms with Gasteiger partial charge in [-0.1, -0.05) is 26.2 Å². The van der Waals surface area contributed by atoms with Crippen LogP contribution in [-0.2, 0) is 4.79 Å². The minimum absolute atomic E-state index is 0.216. The number of rotatable bonds is 5. The summed E-state index contributed by atoms with van der Waals surface area (Å²) in [6.07, 6.45) is 6.74. The number of carbonyl (C=O) groups excluding carboxylic acids is 1. The lowest BCUT2D eigenvalue weighted by molar-refractivity contribution is -0.124. The molecular formula is C11H22N2O. The lowest BCUT2D eigenvalue weighted by atomic mass is 9.94. The molecule has 0 aliphatic heterocycles. The predicted molar refractivity (Wildman–Crippen MR) is 57.9 cm³/mol. The van der Waals surface area contributed by atoms with Crippen molar-refractivity contribution in [2.24, 2.45) is 5.73 Å². The molecule has 1 atom stereocenters. The average molecular weight is 198 g/mol. The van der Waals surface area contributed by atoms with Crippen LogP contribution in [0.4, 0.5) is 0 Å². The van der Waals surface area contributed by atoms with Crippen molar-refractivity contribution in [2.45, 2.75) is 64.0 Å². The number of hydrogen-bond acceptors (Lipinski definition) is 2. The maximum Gasteiger partial charge on any atom is 0.237 e. The summed E-state index contributed by atoms with van der Waals surface area (Å²) in [5.74, 6) is -0.216. The fraction of sp³-hybridized carbons (Fsp3) is 0.909. The third kappa shape index (κ3) is 2.71. The molecule has 0 aromatic carbocycles. The molecule has 0 spiro atoms. The summed E-state index contributed by atoms with van der Waals surface area (Å²) in [5, 5.41) is 3.42. The molecule has 3 nitrogen and oxygen atoms in total. The zero-order chi connectivity index (χ0) is 10.6. The molecule has 1 amide bonds. The van der Waals surface area contributed by atoms with Crippen LogP contribution < -0.4 is 11.1 Å². The van der Waals surface area contributed by atoms with Crippen LogP contribution in [0.15, 0.2) is 0 Å².